The zero-order valence-electron chi connectivity index (χ0n) is 10.0. The van der Waals surface area contributed by atoms with Gasteiger partial charge in [0.05, 0.1) is 6.54 Å². The zero-order valence-corrected chi connectivity index (χ0v) is 10.0. The second kappa shape index (κ2) is 8.68. The van der Waals surface area contributed by atoms with Crippen molar-refractivity contribution in [3.63, 3.8) is 0 Å². The smallest absolute Gasteiger partial charge is 0.340 e. The molecule has 0 heterocycles. The van der Waals surface area contributed by atoms with Gasteiger partial charge in [-0.1, -0.05) is 0 Å². The molecule has 0 aromatic rings. The van der Waals surface area contributed by atoms with Crippen molar-refractivity contribution in [1.29, 1.82) is 0 Å². The molecule has 0 bridgehead atoms. The lowest BCUT2D eigenvalue weighted by Crippen LogP contribution is -2.17. The summed E-state index contributed by atoms with van der Waals surface area (Å²) in [5.41, 5.74) is -0.321. The standard InChI is InChI=1S/C10H17NO6/c1-15-6-8(12)7(10(13)14)4-11-5-9(16-2)17-3/h4,9,12H,5-6H2,1-3H3,(H,13,14). The molecule has 0 spiro atoms. The van der Waals surface area contributed by atoms with Crippen LogP contribution in [-0.4, -0.2) is 63.2 Å². The van der Waals surface area contributed by atoms with Crippen LogP contribution in [-0.2, 0) is 19.0 Å². The fraction of sp³-hybridized carbons (Fsp3) is 0.600. The number of hydrogen-bond acceptors (Lipinski definition) is 6. The van der Waals surface area contributed by atoms with Crippen LogP contribution < -0.4 is 0 Å². The fourth-order valence-corrected chi connectivity index (χ4v) is 0.943. The van der Waals surface area contributed by atoms with Gasteiger partial charge in [0.15, 0.2) is 6.29 Å². The van der Waals surface area contributed by atoms with Crippen LogP contribution in [0.2, 0.25) is 0 Å². The number of hydrogen-bond donors (Lipinski definition) is 2. The van der Waals surface area contributed by atoms with Gasteiger partial charge in [0.25, 0.3) is 0 Å². The molecule has 0 aliphatic carbocycles. The summed E-state index contributed by atoms with van der Waals surface area (Å²) in [6.07, 6.45) is 0.493. The van der Waals surface area contributed by atoms with Crippen LogP contribution in [0, 0.1) is 0 Å². The molecule has 0 saturated carbocycles. The molecule has 0 aliphatic rings. The van der Waals surface area contributed by atoms with Crippen molar-refractivity contribution < 1.29 is 29.2 Å². The Labute approximate surface area is 99.3 Å². The molecule has 7 heteroatoms. The van der Waals surface area contributed by atoms with E-state index in [-0.39, 0.29) is 18.7 Å². The van der Waals surface area contributed by atoms with E-state index in [1.54, 1.807) is 0 Å². The topological polar surface area (TPSA) is 97.6 Å². The van der Waals surface area contributed by atoms with Gasteiger partial charge in [-0.2, -0.15) is 0 Å². The quantitative estimate of drug-likeness (QED) is 0.275. The van der Waals surface area contributed by atoms with E-state index in [1.807, 2.05) is 0 Å². The third-order valence-electron chi connectivity index (χ3n) is 1.82. The van der Waals surface area contributed by atoms with Gasteiger partial charge < -0.3 is 24.4 Å². The Morgan fingerprint density at radius 1 is 1.29 bits per heavy atom. The van der Waals surface area contributed by atoms with Gasteiger partial charge in [0.2, 0.25) is 0 Å². The van der Waals surface area contributed by atoms with Crippen LogP contribution in [0.3, 0.4) is 0 Å². The van der Waals surface area contributed by atoms with E-state index >= 15 is 0 Å². The number of ether oxygens (including phenoxy) is 3. The van der Waals surface area contributed by atoms with Gasteiger partial charge in [-0.05, 0) is 0 Å². The first kappa shape index (κ1) is 15.6. The molecule has 0 fully saturated rings. The minimum Gasteiger partial charge on any atom is -0.509 e. The van der Waals surface area contributed by atoms with Crippen molar-refractivity contribution in [2.75, 3.05) is 34.5 Å². The summed E-state index contributed by atoms with van der Waals surface area (Å²) < 4.78 is 14.3. The molecule has 0 unspecified atom stereocenters. The van der Waals surface area contributed by atoms with Crippen molar-refractivity contribution in [3.8, 4) is 0 Å². The third-order valence-corrected chi connectivity index (χ3v) is 1.82. The fourth-order valence-electron chi connectivity index (χ4n) is 0.943. The predicted octanol–water partition coefficient (Wildman–Crippen LogP) is 0.219. The van der Waals surface area contributed by atoms with Crippen molar-refractivity contribution in [2.45, 2.75) is 6.29 Å². The molecule has 17 heavy (non-hydrogen) atoms. The average molecular weight is 247 g/mol. The van der Waals surface area contributed by atoms with Gasteiger partial charge in [0, 0.05) is 27.5 Å². The number of rotatable bonds is 8. The molecule has 0 aromatic heterocycles. The highest BCUT2D eigenvalue weighted by atomic mass is 16.7. The van der Waals surface area contributed by atoms with E-state index in [1.165, 1.54) is 21.3 Å². The molecular weight excluding hydrogens is 230 g/mol. The lowest BCUT2D eigenvalue weighted by molar-refractivity contribution is -0.132. The van der Waals surface area contributed by atoms with Gasteiger partial charge in [-0.3, -0.25) is 4.99 Å². The molecule has 7 nitrogen and oxygen atoms in total. The molecule has 0 radical (unpaired) electrons. The average Bonchev–Trinajstić information content (AvgIpc) is 2.29. The Hall–Kier alpha value is -1.44. The third kappa shape index (κ3) is 6.00. The Kier molecular flexibility index (Phi) is 7.95. The maximum atomic E-state index is 10.8. The molecule has 0 rings (SSSR count). The second-order valence-electron chi connectivity index (χ2n) is 2.99. The van der Waals surface area contributed by atoms with Crippen molar-refractivity contribution in [2.24, 2.45) is 4.99 Å². The number of aliphatic hydroxyl groups excluding tert-OH is 1. The van der Waals surface area contributed by atoms with Crippen molar-refractivity contribution in [3.05, 3.63) is 11.3 Å². The second-order valence-corrected chi connectivity index (χ2v) is 2.99. The minimum absolute atomic E-state index is 0.129. The molecular formula is C10H17NO6. The Morgan fingerprint density at radius 3 is 2.29 bits per heavy atom. The Morgan fingerprint density at radius 2 is 1.88 bits per heavy atom. The lowest BCUT2D eigenvalue weighted by atomic mass is 10.2. The summed E-state index contributed by atoms with van der Waals surface area (Å²) >= 11 is 0. The van der Waals surface area contributed by atoms with E-state index in [0.717, 1.165) is 6.21 Å². The summed E-state index contributed by atoms with van der Waals surface area (Å²) in [6, 6.07) is 0. The van der Waals surface area contributed by atoms with Crippen LogP contribution >= 0.6 is 0 Å². The van der Waals surface area contributed by atoms with Crippen LogP contribution in [0.1, 0.15) is 0 Å². The van der Waals surface area contributed by atoms with Crippen molar-refractivity contribution in [1.82, 2.24) is 0 Å². The number of aliphatic carboxylic acids is 1. The number of carboxylic acid groups (broad SMARTS) is 1. The van der Waals surface area contributed by atoms with Crippen LogP contribution in [0.4, 0.5) is 0 Å². The number of methoxy groups -OCH3 is 3. The van der Waals surface area contributed by atoms with E-state index in [9.17, 15) is 9.90 Å². The van der Waals surface area contributed by atoms with E-state index in [0.29, 0.717) is 0 Å². The lowest BCUT2D eigenvalue weighted by Gasteiger charge is -2.09. The summed E-state index contributed by atoms with van der Waals surface area (Å²) in [6.45, 7) is -0.0598. The summed E-state index contributed by atoms with van der Waals surface area (Å²) in [5.74, 6) is -1.68. The van der Waals surface area contributed by atoms with E-state index in [2.05, 4.69) is 9.73 Å². The largest absolute Gasteiger partial charge is 0.509 e. The molecule has 0 amide bonds. The minimum atomic E-state index is -1.28. The monoisotopic (exact) mass is 247 g/mol. The highest BCUT2D eigenvalue weighted by Gasteiger charge is 2.12. The molecule has 98 valence electrons. The number of aliphatic hydroxyl groups is 1. The first-order valence-corrected chi connectivity index (χ1v) is 4.76. The Balaban J connectivity index is 4.61. The van der Waals surface area contributed by atoms with Crippen LogP contribution in [0.25, 0.3) is 0 Å². The molecule has 2 N–H and O–H groups in total. The summed E-state index contributed by atoms with van der Waals surface area (Å²) in [7, 11) is 4.23. The van der Waals surface area contributed by atoms with E-state index in [4.69, 9.17) is 14.6 Å². The maximum absolute atomic E-state index is 10.8. The van der Waals surface area contributed by atoms with Gasteiger partial charge in [-0.25, -0.2) is 4.79 Å². The SMILES string of the molecule is COCC(O)=C(C=NCC(OC)OC)C(=O)O. The van der Waals surface area contributed by atoms with Gasteiger partial charge >= 0.3 is 5.97 Å². The molecule has 0 aliphatic heterocycles. The van der Waals surface area contributed by atoms with E-state index < -0.39 is 18.0 Å². The number of nitrogens with zero attached hydrogens (tertiary/aromatic N) is 1. The molecule has 0 saturated heterocycles. The number of aliphatic imine (C=N–C) groups is 1. The van der Waals surface area contributed by atoms with Crippen LogP contribution in [0.5, 0.6) is 0 Å². The number of carboxylic acids is 1. The summed E-state index contributed by atoms with van der Waals surface area (Å²) in [5, 5.41) is 18.2. The highest BCUT2D eigenvalue weighted by Crippen LogP contribution is 2.01. The maximum Gasteiger partial charge on any atom is 0.340 e. The predicted molar refractivity (Wildman–Crippen MR) is 60.3 cm³/mol. The van der Waals surface area contributed by atoms with Crippen LogP contribution in [0.15, 0.2) is 16.3 Å². The van der Waals surface area contributed by atoms with Crippen molar-refractivity contribution >= 4 is 12.2 Å². The molecule has 0 aromatic carbocycles. The van der Waals surface area contributed by atoms with Gasteiger partial charge in [0.1, 0.15) is 17.9 Å². The Bertz CT molecular complexity index is 295. The van der Waals surface area contributed by atoms with Gasteiger partial charge in [-0.15, -0.1) is 0 Å². The number of carbonyl (C=O) groups is 1. The first-order valence-electron chi connectivity index (χ1n) is 4.76. The first-order chi connectivity index (χ1) is 8.06. The zero-order chi connectivity index (χ0) is 13.3. The highest BCUT2D eigenvalue weighted by molar-refractivity contribution is 6.09. The summed E-state index contributed by atoms with van der Waals surface area (Å²) in [4.78, 5) is 14.6. The normalized spacial score (nSPS) is 13.2. The molecule has 0 atom stereocenters.